The van der Waals surface area contributed by atoms with Gasteiger partial charge in [0.2, 0.25) is 5.91 Å². The monoisotopic (exact) mass is 412 g/mol. The topological polar surface area (TPSA) is 79.6 Å². The molecule has 0 aliphatic carbocycles. The maximum Gasteiger partial charge on any atom is 0.245 e. The number of nitrogens with zero attached hydrogens (tertiary/aromatic N) is 3. The number of rotatable bonds is 6. The molecule has 0 radical (unpaired) electrons. The quantitative estimate of drug-likeness (QED) is 0.650. The van der Waals surface area contributed by atoms with E-state index in [1.54, 1.807) is 16.9 Å². The van der Waals surface area contributed by atoms with Crippen molar-refractivity contribution in [3.63, 3.8) is 0 Å². The zero-order valence-electron chi connectivity index (χ0n) is 15.7. The second-order valence-electron chi connectivity index (χ2n) is 6.82. The van der Waals surface area contributed by atoms with Crippen molar-refractivity contribution in [1.82, 2.24) is 9.78 Å². The van der Waals surface area contributed by atoms with Gasteiger partial charge in [0.05, 0.1) is 38.1 Å². The molecular formula is C21H21ClN4O3. The van der Waals surface area contributed by atoms with Crippen LogP contribution in [0.5, 0.6) is 5.75 Å². The van der Waals surface area contributed by atoms with Gasteiger partial charge in [-0.25, -0.2) is 4.68 Å². The lowest BCUT2D eigenvalue weighted by Gasteiger charge is -2.35. The summed E-state index contributed by atoms with van der Waals surface area (Å²) in [5.41, 5.74) is 1.82. The Morgan fingerprint density at radius 1 is 1.24 bits per heavy atom. The lowest BCUT2D eigenvalue weighted by molar-refractivity contribution is -0.115. The van der Waals surface area contributed by atoms with Gasteiger partial charge in [0.15, 0.2) is 0 Å². The van der Waals surface area contributed by atoms with E-state index >= 15 is 0 Å². The molecule has 0 unspecified atom stereocenters. The second-order valence-corrected chi connectivity index (χ2v) is 7.26. The average molecular weight is 413 g/mol. The van der Waals surface area contributed by atoms with E-state index < -0.39 is 0 Å². The van der Waals surface area contributed by atoms with E-state index in [9.17, 15) is 9.90 Å². The van der Waals surface area contributed by atoms with Gasteiger partial charge in [0.1, 0.15) is 17.7 Å². The summed E-state index contributed by atoms with van der Waals surface area (Å²) in [4.78, 5) is 14.6. The lowest BCUT2D eigenvalue weighted by atomic mass is 10.2. The van der Waals surface area contributed by atoms with Gasteiger partial charge < -0.3 is 20.1 Å². The fraction of sp³-hybridized carbons (Fsp3) is 0.238. The van der Waals surface area contributed by atoms with E-state index in [-0.39, 0.29) is 25.2 Å². The molecule has 150 valence electrons. The van der Waals surface area contributed by atoms with Crippen LogP contribution in [0.25, 0.3) is 0 Å². The molecule has 8 heteroatoms. The molecule has 7 nitrogen and oxygen atoms in total. The van der Waals surface area contributed by atoms with Crippen molar-refractivity contribution < 1.29 is 14.6 Å². The number of ether oxygens (including phenoxy) is 1. The molecule has 1 aliphatic heterocycles. The largest absolute Gasteiger partial charge is 0.484 e. The van der Waals surface area contributed by atoms with Gasteiger partial charge in [0.25, 0.3) is 0 Å². The average Bonchev–Trinajstić information content (AvgIpc) is 3.14. The van der Waals surface area contributed by atoms with E-state index in [0.717, 1.165) is 11.3 Å². The molecule has 0 saturated heterocycles. The molecule has 2 N–H and O–H groups in total. The first-order chi connectivity index (χ1) is 14.1. The van der Waals surface area contributed by atoms with Crippen molar-refractivity contribution >= 4 is 29.0 Å². The van der Waals surface area contributed by atoms with Gasteiger partial charge in [0, 0.05) is 11.1 Å². The number of anilines is 2. The van der Waals surface area contributed by atoms with Gasteiger partial charge in [-0.15, -0.1) is 0 Å². The molecule has 1 aliphatic rings. The maximum atomic E-state index is 12.7. The van der Waals surface area contributed by atoms with Gasteiger partial charge >= 0.3 is 0 Å². The molecule has 0 saturated carbocycles. The summed E-state index contributed by atoms with van der Waals surface area (Å²) in [5.74, 6) is 1.10. The van der Waals surface area contributed by atoms with Crippen LogP contribution >= 0.6 is 11.6 Å². The number of amides is 1. The Hall–Kier alpha value is -3.03. The molecule has 1 atom stereocenters. The minimum atomic E-state index is -0.369. The Balaban J connectivity index is 1.45. The Morgan fingerprint density at radius 2 is 2.10 bits per heavy atom. The van der Waals surface area contributed by atoms with E-state index in [1.807, 2.05) is 53.4 Å². The number of aliphatic hydroxyl groups is 1. The third kappa shape index (κ3) is 4.52. The van der Waals surface area contributed by atoms with Crippen LogP contribution in [0.1, 0.15) is 5.56 Å². The summed E-state index contributed by atoms with van der Waals surface area (Å²) in [5, 5.41) is 17.4. The van der Waals surface area contributed by atoms with Crippen LogP contribution in [0.4, 0.5) is 11.5 Å². The Bertz CT molecular complexity index is 1010. The van der Waals surface area contributed by atoms with Crippen LogP contribution in [-0.2, 0) is 11.3 Å². The van der Waals surface area contributed by atoms with Gasteiger partial charge in [-0.1, -0.05) is 35.9 Å². The highest BCUT2D eigenvalue weighted by molar-refractivity contribution is 6.30. The lowest BCUT2D eigenvalue weighted by Crippen LogP contribution is -2.45. The summed E-state index contributed by atoms with van der Waals surface area (Å²) in [7, 11) is 0. The van der Waals surface area contributed by atoms with Crippen LogP contribution in [-0.4, -0.2) is 46.6 Å². The molecular weight excluding hydrogens is 392 g/mol. The standard InChI is InChI=1S/C21H21ClN4O3/c22-16-5-3-4-15(10-16)11-26-20(8-9-23-26)24-21(28)13-25-12-17(14-27)29-19-7-2-1-6-18(19)25/h1-10,17,27H,11-14H2,(H,24,28)/t17-/m0/s1. The predicted octanol–water partition coefficient (Wildman–Crippen LogP) is 2.78. The molecule has 2 aromatic carbocycles. The number of carbonyl (C=O) groups is 1. The van der Waals surface area contributed by atoms with E-state index in [4.69, 9.17) is 16.3 Å². The highest BCUT2D eigenvalue weighted by Crippen LogP contribution is 2.32. The van der Waals surface area contributed by atoms with Gasteiger partial charge in [-0.05, 0) is 29.8 Å². The van der Waals surface area contributed by atoms with Crippen molar-refractivity contribution in [2.75, 3.05) is 29.9 Å². The predicted molar refractivity (Wildman–Crippen MR) is 112 cm³/mol. The van der Waals surface area contributed by atoms with Crippen molar-refractivity contribution in [2.24, 2.45) is 0 Å². The Morgan fingerprint density at radius 3 is 2.93 bits per heavy atom. The molecule has 3 aromatic rings. The fourth-order valence-electron chi connectivity index (χ4n) is 3.35. The zero-order chi connectivity index (χ0) is 20.2. The molecule has 2 heterocycles. The maximum absolute atomic E-state index is 12.7. The van der Waals surface area contributed by atoms with Crippen molar-refractivity contribution in [1.29, 1.82) is 0 Å². The Kier molecular flexibility index (Phi) is 5.69. The summed E-state index contributed by atoms with van der Waals surface area (Å²) < 4.78 is 7.46. The van der Waals surface area contributed by atoms with E-state index in [1.165, 1.54) is 0 Å². The van der Waals surface area contributed by atoms with Crippen LogP contribution in [0.15, 0.2) is 60.8 Å². The number of benzene rings is 2. The smallest absolute Gasteiger partial charge is 0.245 e. The molecule has 0 bridgehead atoms. The van der Waals surface area contributed by atoms with Crippen molar-refractivity contribution in [3.05, 3.63) is 71.4 Å². The number of carbonyl (C=O) groups excluding carboxylic acids is 1. The van der Waals surface area contributed by atoms with Crippen LogP contribution < -0.4 is 15.0 Å². The van der Waals surface area contributed by atoms with E-state index in [2.05, 4.69) is 10.4 Å². The zero-order valence-corrected chi connectivity index (χ0v) is 16.4. The van der Waals surface area contributed by atoms with Crippen LogP contribution in [0.3, 0.4) is 0 Å². The highest BCUT2D eigenvalue weighted by atomic mass is 35.5. The third-order valence-electron chi connectivity index (χ3n) is 4.67. The SMILES string of the molecule is O=C(CN1C[C@@H](CO)Oc2ccccc21)Nc1ccnn1Cc1cccc(Cl)c1. The normalized spacial score (nSPS) is 15.5. The van der Waals surface area contributed by atoms with Crippen molar-refractivity contribution in [2.45, 2.75) is 12.6 Å². The number of aliphatic hydroxyl groups excluding tert-OH is 1. The van der Waals surface area contributed by atoms with Crippen LogP contribution in [0.2, 0.25) is 5.02 Å². The number of halogens is 1. The number of hydrogen-bond acceptors (Lipinski definition) is 5. The number of fused-ring (bicyclic) bond motifs is 1. The number of aromatic nitrogens is 2. The highest BCUT2D eigenvalue weighted by Gasteiger charge is 2.26. The molecule has 29 heavy (non-hydrogen) atoms. The minimum absolute atomic E-state index is 0.112. The molecule has 0 spiro atoms. The number of nitrogens with one attached hydrogen (secondary N) is 1. The molecule has 0 fully saturated rings. The second kappa shape index (κ2) is 8.55. The van der Waals surface area contributed by atoms with Crippen LogP contribution in [0, 0.1) is 0 Å². The molecule has 1 amide bonds. The first-order valence-electron chi connectivity index (χ1n) is 9.30. The minimum Gasteiger partial charge on any atom is -0.484 e. The summed E-state index contributed by atoms with van der Waals surface area (Å²) in [6.45, 7) is 0.955. The van der Waals surface area contributed by atoms with E-state index in [0.29, 0.717) is 29.7 Å². The number of para-hydroxylation sites is 2. The van der Waals surface area contributed by atoms with Gasteiger partial charge in [-0.3, -0.25) is 4.79 Å². The fourth-order valence-corrected chi connectivity index (χ4v) is 3.57. The Labute approximate surface area is 173 Å². The summed E-state index contributed by atoms with van der Waals surface area (Å²) >= 11 is 6.05. The summed E-state index contributed by atoms with van der Waals surface area (Å²) in [6.07, 6.45) is 1.28. The van der Waals surface area contributed by atoms with Gasteiger partial charge in [-0.2, -0.15) is 5.10 Å². The first kappa shape index (κ1) is 19.3. The first-order valence-corrected chi connectivity index (χ1v) is 9.68. The third-order valence-corrected chi connectivity index (χ3v) is 4.90. The molecule has 1 aromatic heterocycles. The van der Waals surface area contributed by atoms with Crippen molar-refractivity contribution in [3.8, 4) is 5.75 Å². The number of hydrogen-bond donors (Lipinski definition) is 2. The summed E-state index contributed by atoms with van der Waals surface area (Å²) in [6, 6.07) is 16.8. The molecule has 4 rings (SSSR count).